The van der Waals surface area contributed by atoms with Crippen molar-refractivity contribution in [3.05, 3.63) is 89.7 Å². The lowest BCUT2D eigenvalue weighted by molar-refractivity contribution is -0.141. The molecule has 1 aliphatic carbocycles. The van der Waals surface area contributed by atoms with Gasteiger partial charge >= 0.3 is 11.9 Å². The zero-order valence-electron chi connectivity index (χ0n) is 24.4. The highest BCUT2D eigenvalue weighted by atomic mass is 16.7. The topological polar surface area (TPSA) is 116 Å². The molecule has 0 spiro atoms. The summed E-state index contributed by atoms with van der Waals surface area (Å²) >= 11 is 0. The Morgan fingerprint density at radius 1 is 1.00 bits per heavy atom. The smallest absolute Gasteiger partial charge is 0.362 e. The van der Waals surface area contributed by atoms with Gasteiger partial charge in [-0.25, -0.2) is 4.79 Å². The van der Waals surface area contributed by atoms with Gasteiger partial charge < -0.3 is 18.9 Å². The molecule has 1 aliphatic heterocycles. The number of Topliss-reactive ketones (excluding diaryl/α,β-unsaturated/α-hetero) is 2. The van der Waals surface area contributed by atoms with Crippen molar-refractivity contribution in [2.24, 2.45) is 5.16 Å². The van der Waals surface area contributed by atoms with E-state index in [9.17, 15) is 19.2 Å². The number of allylic oxidation sites excluding steroid dienone is 3. The summed E-state index contributed by atoms with van der Waals surface area (Å²) in [6, 6.07) is 14.4. The summed E-state index contributed by atoms with van der Waals surface area (Å²) in [4.78, 5) is 58.6. The normalized spacial score (nSPS) is 15.8. The number of carbonyl (C=O) groups is 4. The van der Waals surface area contributed by atoms with Crippen LogP contribution in [0.1, 0.15) is 47.4 Å². The summed E-state index contributed by atoms with van der Waals surface area (Å²) in [5.41, 5.74) is 1.83. The Morgan fingerprint density at radius 2 is 1.72 bits per heavy atom. The maximum absolute atomic E-state index is 13.9. The molecule has 0 unspecified atom stereocenters. The average molecular weight is 584 g/mol. The molecule has 1 fully saturated rings. The Labute approximate surface area is 249 Å². The number of ketones is 2. The van der Waals surface area contributed by atoms with Gasteiger partial charge in [0.15, 0.2) is 5.78 Å². The molecule has 1 aromatic heterocycles. The van der Waals surface area contributed by atoms with Crippen LogP contribution in [0.5, 0.6) is 0 Å². The third kappa shape index (κ3) is 6.25. The summed E-state index contributed by atoms with van der Waals surface area (Å²) in [7, 11) is 1.20. The Kier molecular flexibility index (Phi) is 8.79. The molecule has 0 amide bonds. The number of morpholine rings is 1. The molecule has 0 bridgehead atoms. The minimum Gasteiger partial charge on any atom is -0.469 e. The van der Waals surface area contributed by atoms with Crippen molar-refractivity contribution in [3.63, 3.8) is 0 Å². The van der Waals surface area contributed by atoms with Crippen LogP contribution in [0, 0.1) is 0 Å². The van der Waals surface area contributed by atoms with Crippen molar-refractivity contribution in [2.75, 3.05) is 33.4 Å². The van der Waals surface area contributed by atoms with E-state index in [2.05, 4.69) is 10.1 Å². The first kappa shape index (κ1) is 29.8. The number of hydrogen-bond acceptors (Lipinski definition) is 9. The standard InChI is InChI=1S/C33H33N3O7/c1-33(2,35-16-18-42-19-17-35)31(39)26-21-36(28-11-7-6-10-25(26)28)24-14-12-22(13-15-24)30(38)27(20-29(37)41-3)34-43-32(40)23-8-4-5-9-23/h4-8,10-15,21H,9,16-20H2,1-3H3/b34-27+. The molecular formula is C33H33N3O7. The van der Waals surface area contributed by atoms with Gasteiger partial charge in [0.05, 0.1) is 37.8 Å². The highest BCUT2D eigenvalue weighted by Crippen LogP contribution is 2.30. The number of fused-ring (bicyclic) bond motifs is 1. The van der Waals surface area contributed by atoms with Gasteiger partial charge in [-0.05, 0) is 50.6 Å². The van der Waals surface area contributed by atoms with E-state index in [1.807, 2.05) is 48.9 Å². The van der Waals surface area contributed by atoms with Crippen LogP contribution in [0.25, 0.3) is 16.6 Å². The SMILES string of the molecule is COC(=O)C/C(=N\OC(=O)C1=CC=CC1)C(=O)c1ccc(-n2cc(C(=O)C(C)(C)N3CCOCC3)c3ccccc32)cc1. The third-order valence-electron chi connectivity index (χ3n) is 7.80. The van der Waals surface area contributed by atoms with Gasteiger partial charge in [0.2, 0.25) is 5.78 Å². The van der Waals surface area contributed by atoms with E-state index in [0.717, 1.165) is 16.6 Å². The highest BCUT2D eigenvalue weighted by Gasteiger charge is 2.37. The van der Waals surface area contributed by atoms with Gasteiger partial charge in [-0.3, -0.25) is 19.3 Å². The van der Waals surface area contributed by atoms with Crippen LogP contribution in [0.2, 0.25) is 0 Å². The molecule has 222 valence electrons. The number of benzene rings is 2. The predicted molar refractivity (Wildman–Crippen MR) is 160 cm³/mol. The second-order valence-electron chi connectivity index (χ2n) is 10.8. The number of para-hydroxylation sites is 1. The van der Waals surface area contributed by atoms with Crippen LogP contribution < -0.4 is 0 Å². The molecule has 0 N–H and O–H groups in total. The number of carbonyl (C=O) groups excluding carboxylic acids is 4. The van der Waals surface area contributed by atoms with Gasteiger partial charge in [0, 0.05) is 47.1 Å². The van der Waals surface area contributed by atoms with Crippen LogP contribution in [0.4, 0.5) is 0 Å². The molecule has 2 aliphatic rings. The van der Waals surface area contributed by atoms with Crippen LogP contribution in [0.3, 0.4) is 0 Å². The first-order valence-corrected chi connectivity index (χ1v) is 14.0. The van der Waals surface area contributed by atoms with E-state index in [1.165, 1.54) is 7.11 Å². The molecule has 10 heteroatoms. The zero-order chi connectivity index (χ0) is 30.6. The van der Waals surface area contributed by atoms with E-state index >= 15 is 0 Å². The van der Waals surface area contributed by atoms with Crippen molar-refractivity contribution >= 4 is 40.1 Å². The first-order valence-electron chi connectivity index (χ1n) is 14.0. The van der Waals surface area contributed by atoms with Crippen LogP contribution in [0.15, 0.2) is 83.7 Å². The van der Waals surface area contributed by atoms with Crippen LogP contribution >= 0.6 is 0 Å². The Hall–Kier alpha value is -4.67. The van der Waals surface area contributed by atoms with Crippen LogP contribution in [-0.2, 0) is 23.9 Å². The number of methoxy groups -OCH3 is 1. The van der Waals surface area contributed by atoms with E-state index in [-0.39, 0.29) is 17.1 Å². The van der Waals surface area contributed by atoms with Gasteiger partial charge in [-0.15, -0.1) is 0 Å². The molecular weight excluding hydrogens is 550 g/mol. The van der Waals surface area contributed by atoms with E-state index in [4.69, 9.17) is 14.3 Å². The monoisotopic (exact) mass is 583 g/mol. The van der Waals surface area contributed by atoms with E-state index < -0.39 is 29.7 Å². The molecule has 2 heterocycles. The number of nitrogens with zero attached hydrogens (tertiary/aromatic N) is 3. The predicted octanol–water partition coefficient (Wildman–Crippen LogP) is 4.46. The largest absolute Gasteiger partial charge is 0.469 e. The molecule has 1 saturated heterocycles. The summed E-state index contributed by atoms with van der Waals surface area (Å²) in [5.74, 6) is -1.96. The van der Waals surface area contributed by atoms with Gasteiger partial charge in [-0.2, -0.15) is 0 Å². The number of aromatic nitrogens is 1. The molecule has 3 aromatic rings. The minimum absolute atomic E-state index is 0.0125. The maximum Gasteiger partial charge on any atom is 0.362 e. The van der Waals surface area contributed by atoms with Gasteiger partial charge in [0.25, 0.3) is 0 Å². The second-order valence-corrected chi connectivity index (χ2v) is 10.8. The first-order chi connectivity index (χ1) is 20.7. The Bertz CT molecular complexity index is 1660. The lowest BCUT2D eigenvalue weighted by Crippen LogP contribution is -2.54. The van der Waals surface area contributed by atoms with Crippen molar-refractivity contribution in [1.29, 1.82) is 0 Å². The Morgan fingerprint density at radius 3 is 2.40 bits per heavy atom. The lowest BCUT2D eigenvalue weighted by Gasteiger charge is -2.39. The molecule has 0 radical (unpaired) electrons. The van der Waals surface area contributed by atoms with Gasteiger partial charge in [-0.1, -0.05) is 41.6 Å². The van der Waals surface area contributed by atoms with E-state index in [0.29, 0.717) is 43.9 Å². The fourth-order valence-electron chi connectivity index (χ4n) is 5.23. The molecule has 2 aromatic carbocycles. The fraction of sp³-hybridized carbons (Fsp3) is 0.303. The fourth-order valence-corrected chi connectivity index (χ4v) is 5.23. The number of ether oxygens (including phenoxy) is 2. The molecule has 0 saturated carbocycles. The van der Waals surface area contributed by atoms with E-state index in [1.54, 1.807) is 42.5 Å². The number of oxime groups is 1. The quantitative estimate of drug-likeness (QED) is 0.113. The lowest BCUT2D eigenvalue weighted by atomic mass is 9.90. The van der Waals surface area contributed by atoms with Gasteiger partial charge in [0.1, 0.15) is 5.71 Å². The van der Waals surface area contributed by atoms with Crippen LogP contribution in [-0.4, -0.2) is 77.6 Å². The van der Waals surface area contributed by atoms with Crippen molar-refractivity contribution in [1.82, 2.24) is 9.47 Å². The third-order valence-corrected chi connectivity index (χ3v) is 7.80. The summed E-state index contributed by atoms with van der Waals surface area (Å²) in [6.45, 7) is 6.44. The van der Waals surface area contributed by atoms with Crippen molar-refractivity contribution < 1.29 is 33.5 Å². The second kappa shape index (κ2) is 12.7. The Balaban J connectivity index is 1.42. The summed E-state index contributed by atoms with van der Waals surface area (Å²) < 4.78 is 12.1. The molecule has 0 atom stereocenters. The highest BCUT2D eigenvalue weighted by molar-refractivity contribution is 6.48. The minimum atomic E-state index is -0.724. The average Bonchev–Trinajstić information content (AvgIpc) is 3.72. The maximum atomic E-state index is 13.9. The van der Waals surface area contributed by atoms with Crippen molar-refractivity contribution in [2.45, 2.75) is 32.2 Å². The number of hydrogen-bond donors (Lipinski definition) is 0. The molecule has 10 nitrogen and oxygen atoms in total. The summed E-state index contributed by atoms with van der Waals surface area (Å²) in [6.07, 6.45) is 6.89. The molecule has 43 heavy (non-hydrogen) atoms. The number of rotatable bonds is 10. The zero-order valence-corrected chi connectivity index (χ0v) is 24.4. The number of esters is 1. The van der Waals surface area contributed by atoms with Crippen molar-refractivity contribution in [3.8, 4) is 5.69 Å². The summed E-state index contributed by atoms with van der Waals surface area (Å²) in [5, 5.41) is 4.56. The molecule has 5 rings (SSSR count).